The lowest BCUT2D eigenvalue weighted by atomic mass is 10.1. The van der Waals surface area contributed by atoms with Gasteiger partial charge in [-0.2, -0.15) is 0 Å². The molecule has 0 saturated carbocycles. The van der Waals surface area contributed by atoms with Crippen LogP contribution >= 0.6 is 0 Å². The van der Waals surface area contributed by atoms with E-state index in [0.29, 0.717) is 114 Å². The molecule has 0 atom stereocenters. The van der Waals surface area contributed by atoms with Crippen LogP contribution in [0.1, 0.15) is 139 Å². The molecule has 0 N–H and O–H groups in total. The maximum Gasteiger partial charge on any atom is 0.204 e. The van der Waals surface area contributed by atoms with Gasteiger partial charge in [0.15, 0.2) is 23.0 Å². The lowest BCUT2D eigenvalue weighted by Crippen LogP contribution is -2.08. The van der Waals surface area contributed by atoms with E-state index in [4.69, 9.17) is 57.4 Å². The van der Waals surface area contributed by atoms with E-state index in [9.17, 15) is 0 Å². The second kappa shape index (κ2) is 41.9. The Morgan fingerprint density at radius 2 is 0.681 bits per heavy atom. The highest BCUT2D eigenvalue weighted by Crippen LogP contribution is 2.43. The first-order valence-electron chi connectivity index (χ1n) is 26.3. The van der Waals surface area contributed by atoms with Crippen LogP contribution in [0.15, 0.2) is 99.5 Å². The molecule has 0 fully saturated rings. The summed E-state index contributed by atoms with van der Waals surface area (Å²) in [5.74, 6) is 3.85. The van der Waals surface area contributed by atoms with Crippen LogP contribution in [0, 0.1) is 0 Å². The first-order chi connectivity index (χ1) is 35.6. The molecule has 3 aromatic carbocycles. The van der Waals surface area contributed by atoms with Crippen LogP contribution in [0.3, 0.4) is 0 Å². The Bertz CT molecular complexity index is 1940. The minimum Gasteiger partial charge on any atom is -0.502 e. The maximum atomic E-state index is 6.58. The fraction of sp³-hybridized carbons (Fsp3) is 0.500. The van der Waals surface area contributed by atoms with Crippen molar-refractivity contribution >= 4 is 24.3 Å². The van der Waals surface area contributed by atoms with Gasteiger partial charge in [0, 0.05) is 11.1 Å². The fourth-order valence-corrected chi connectivity index (χ4v) is 6.97. The van der Waals surface area contributed by atoms with Gasteiger partial charge in [-0.05, 0) is 99.6 Å². The summed E-state index contributed by atoms with van der Waals surface area (Å²) in [6, 6.07) is 16.4. The normalized spacial score (nSPS) is 11.1. The Hall–Kier alpha value is -5.66. The highest BCUT2D eigenvalue weighted by molar-refractivity contribution is 5.78. The zero-order chi connectivity index (χ0) is 51.4. The second-order valence-corrected chi connectivity index (χ2v) is 16.9. The molecule has 12 nitrogen and oxygen atoms in total. The van der Waals surface area contributed by atoms with Crippen molar-refractivity contribution in [1.29, 1.82) is 0 Å². The Morgan fingerprint density at radius 3 is 1.06 bits per heavy atom. The average Bonchev–Trinajstić information content (AvgIpc) is 3.40. The van der Waals surface area contributed by atoms with Gasteiger partial charge >= 0.3 is 0 Å². The van der Waals surface area contributed by atoms with Crippen LogP contribution in [0.5, 0.6) is 34.5 Å². The fourth-order valence-electron chi connectivity index (χ4n) is 6.97. The summed E-state index contributed by atoms with van der Waals surface area (Å²) in [4.78, 5) is 20.6. The summed E-state index contributed by atoms with van der Waals surface area (Å²) in [6.45, 7) is 24.9. The third-order valence-electron chi connectivity index (χ3n) is 10.9. The lowest BCUT2D eigenvalue weighted by Gasteiger charge is -2.19. The van der Waals surface area contributed by atoms with Crippen LogP contribution in [0.25, 0.3) is 24.3 Å². The van der Waals surface area contributed by atoms with Crippen molar-refractivity contribution < 1.29 is 57.4 Å². The third-order valence-corrected chi connectivity index (χ3v) is 10.9. The molecule has 0 bridgehead atoms. The van der Waals surface area contributed by atoms with Crippen molar-refractivity contribution in [2.75, 3.05) is 79.3 Å². The summed E-state index contributed by atoms with van der Waals surface area (Å²) >= 11 is 0. The van der Waals surface area contributed by atoms with E-state index in [1.165, 1.54) is 12.5 Å². The summed E-state index contributed by atoms with van der Waals surface area (Å²) in [6.07, 6.45) is 29.6. The summed E-state index contributed by atoms with van der Waals surface area (Å²) in [5, 5.41) is 0. The van der Waals surface area contributed by atoms with E-state index in [1.807, 2.05) is 24.3 Å². The summed E-state index contributed by atoms with van der Waals surface area (Å²) < 4.78 is 49.4. The van der Waals surface area contributed by atoms with E-state index in [1.54, 1.807) is 12.2 Å². The van der Waals surface area contributed by atoms with Crippen molar-refractivity contribution in [3.8, 4) is 34.5 Å². The van der Waals surface area contributed by atoms with Gasteiger partial charge in [0.2, 0.25) is 11.5 Å². The van der Waals surface area contributed by atoms with Crippen molar-refractivity contribution in [1.82, 2.24) is 0 Å². The van der Waals surface area contributed by atoms with Crippen molar-refractivity contribution in [2.24, 2.45) is 0 Å². The molecule has 0 aliphatic rings. The molecule has 398 valence electrons. The Kier molecular flexibility index (Phi) is 35.3. The molecule has 12 heteroatoms. The van der Waals surface area contributed by atoms with E-state index in [0.717, 1.165) is 125 Å². The predicted molar refractivity (Wildman–Crippen MR) is 292 cm³/mol. The van der Waals surface area contributed by atoms with Gasteiger partial charge in [-0.15, -0.1) is 13.2 Å². The summed E-state index contributed by atoms with van der Waals surface area (Å²) in [5.41, 5.74) is 3.87. The van der Waals surface area contributed by atoms with E-state index >= 15 is 0 Å². The van der Waals surface area contributed by atoms with Crippen LogP contribution in [-0.4, -0.2) is 79.3 Å². The van der Waals surface area contributed by atoms with Gasteiger partial charge in [0.25, 0.3) is 0 Å². The van der Waals surface area contributed by atoms with Gasteiger partial charge in [-0.1, -0.05) is 126 Å². The molecule has 3 aromatic rings. The quantitative estimate of drug-likeness (QED) is 0.0134. The smallest absolute Gasteiger partial charge is 0.204 e. The van der Waals surface area contributed by atoms with Gasteiger partial charge in [-0.3, -0.25) is 0 Å². The molecular weight excluding hydrogens is 913 g/mol. The zero-order valence-corrected chi connectivity index (χ0v) is 43.8. The largest absolute Gasteiger partial charge is 0.502 e. The Morgan fingerprint density at radius 1 is 0.333 bits per heavy atom. The van der Waals surface area contributed by atoms with Crippen LogP contribution in [-0.2, 0) is 29.0 Å². The summed E-state index contributed by atoms with van der Waals surface area (Å²) in [7, 11) is 0. The monoisotopic (exact) mass is 999 g/mol. The van der Waals surface area contributed by atoms with Gasteiger partial charge in [0.05, 0.1) is 78.6 Å². The number of hydrogen-bond donors (Lipinski definition) is 0. The van der Waals surface area contributed by atoms with Crippen LogP contribution < -0.4 is 28.4 Å². The average molecular weight is 999 g/mol. The molecule has 0 aliphatic carbocycles. The second-order valence-electron chi connectivity index (χ2n) is 16.9. The van der Waals surface area contributed by atoms with Crippen molar-refractivity contribution in [3.05, 3.63) is 122 Å². The Labute approximate surface area is 432 Å². The highest BCUT2D eigenvalue weighted by atomic mass is 17.2. The molecule has 0 amide bonds. The standard InChI is InChI=1S/C60H86O12/c1-7-13-15-17-45-65-57-53(35-37-55(63-43-21-19-41-61-11-5)59(57)67-47-22-20-42-62-12-6)33-31-51-27-29-52(30-28-51)32-34-54-36-38-56(64-44-23-25-49-71-69-39-9-3)60(58(54)66-46-18-16-14-8-2)68-48-24-26-50-72-70-40-10-4/h9-12,27-38H,3-8,13-26,39-50H2,1-2H3/b33-31+,34-32+. The number of benzene rings is 3. The van der Waals surface area contributed by atoms with Crippen molar-refractivity contribution in [3.63, 3.8) is 0 Å². The first-order valence-corrected chi connectivity index (χ1v) is 26.3. The molecule has 0 aliphatic heterocycles. The SMILES string of the molecule is C=CCOOCCCCOc1ccc(/C=C/c2ccc(/C=C/c3ccc(OCCCCOC=C)c(OCCCCOC=C)c3OCCCCCC)cc2)c(OCCCCCC)c1OCCCCOOCC=C. The molecule has 0 radical (unpaired) electrons. The molecule has 72 heavy (non-hydrogen) atoms. The zero-order valence-electron chi connectivity index (χ0n) is 43.8. The van der Waals surface area contributed by atoms with E-state index in [2.05, 4.69) is 88.7 Å². The molecule has 0 spiro atoms. The molecule has 0 heterocycles. The molecule has 0 unspecified atom stereocenters. The molecule has 0 aromatic heterocycles. The van der Waals surface area contributed by atoms with E-state index < -0.39 is 0 Å². The van der Waals surface area contributed by atoms with Gasteiger partial charge < -0.3 is 37.9 Å². The van der Waals surface area contributed by atoms with Crippen molar-refractivity contribution in [2.45, 2.75) is 117 Å². The van der Waals surface area contributed by atoms with Crippen LogP contribution in [0.2, 0.25) is 0 Å². The van der Waals surface area contributed by atoms with Crippen LogP contribution in [0.4, 0.5) is 0 Å². The molecule has 3 rings (SSSR count). The minimum absolute atomic E-state index is 0.342. The highest BCUT2D eigenvalue weighted by Gasteiger charge is 2.19. The molecular formula is C60H86O12. The number of rotatable bonds is 48. The van der Waals surface area contributed by atoms with Gasteiger partial charge in [-0.25, -0.2) is 19.6 Å². The number of ether oxygens (including phenoxy) is 8. The minimum atomic E-state index is 0.342. The number of unbranched alkanes of at least 4 members (excludes halogenated alkanes) is 10. The van der Waals surface area contributed by atoms with E-state index in [-0.39, 0.29) is 0 Å². The van der Waals surface area contributed by atoms with Gasteiger partial charge in [0.1, 0.15) is 13.2 Å². The third kappa shape index (κ3) is 26.7. The molecule has 0 saturated heterocycles. The first kappa shape index (κ1) is 60.6. The lowest BCUT2D eigenvalue weighted by molar-refractivity contribution is -0.286. The maximum absolute atomic E-state index is 6.58. The topological polar surface area (TPSA) is 111 Å². The Balaban J connectivity index is 1.89. The number of hydrogen-bond acceptors (Lipinski definition) is 12. The predicted octanol–water partition coefficient (Wildman–Crippen LogP) is 15.2.